The molecule has 2 unspecified atom stereocenters. The summed E-state index contributed by atoms with van der Waals surface area (Å²) < 4.78 is 33.2. The Bertz CT molecular complexity index is 1500. The molecule has 1 aliphatic heterocycles. The summed E-state index contributed by atoms with van der Waals surface area (Å²) in [5.74, 6) is 3.55. The van der Waals surface area contributed by atoms with Crippen molar-refractivity contribution in [2.45, 2.75) is 39.0 Å². The van der Waals surface area contributed by atoms with E-state index in [2.05, 4.69) is 57.9 Å². The van der Waals surface area contributed by atoms with Crippen molar-refractivity contribution in [3.63, 3.8) is 0 Å². The van der Waals surface area contributed by atoms with Crippen LogP contribution >= 0.6 is 49.6 Å². The lowest BCUT2D eigenvalue weighted by Crippen LogP contribution is -2.55. The number of halogens is 4. The van der Waals surface area contributed by atoms with Gasteiger partial charge in [0.2, 0.25) is 11.5 Å². The van der Waals surface area contributed by atoms with Gasteiger partial charge in [0, 0.05) is 61.8 Å². The highest BCUT2D eigenvalue weighted by molar-refractivity contribution is 5.86. The van der Waals surface area contributed by atoms with Gasteiger partial charge in [-0.3, -0.25) is 19.8 Å². The van der Waals surface area contributed by atoms with Crippen molar-refractivity contribution in [1.29, 1.82) is 0 Å². The zero-order chi connectivity index (χ0) is 32.8. The monoisotopic (exact) mass is 772 g/mol. The van der Waals surface area contributed by atoms with Gasteiger partial charge in [0.25, 0.3) is 0 Å². The van der Waals surface area contributed by atoms with Gasteiger partial charge in [0.15, 0.2) is 23.0 Å². The highest BCUT2D eigenvalue weighted by Gasteiger charge is 2.29. The van der Waals surface area contributed by atoms with E-state index >= 15 is 0 Å². The minimum atomic E-state index is 0. The summed E-state index contributed by atoms with van der Waals surface area (Å²) in [6.07, 6.45) is 3.74. The second kappa shape index (κ2) is 20.5. The Morgan fingerprint density at radius 1 is 0.520 bits per heavy atom. The van der Waals surface area contributed by atoms with Gasteiger partial charge < -0.3 is 28.4 Å². The summed E-state index contributed by atoms with van der Waals surface area (Å²) in [7, 11) is 9.69. The molecule has 5 rings (SSSR count). The number of nitrogens with zero attached hydrogens (tertiary/aromatic N) is 4. The molecule has 14 heteroatoms. The summed E-state index contributed by atoms with van der Waals surface area (Å²) >= 11 is 0. The highest BCUT2D eigenvalue weighted by Crippen LogP contribution is 2.42. The topological polar surface area (TPSA) is 87.6 Å². The molecule has 0 amide bonds. The molecule has 2 aromatic heterocycles. The largest absolute Gasteiger partial charge is 0.493 e. The molecule has 10 nitrogen and oxygen atoms in total. The summed E-state index contributed by atoms with van der Waals surface area (Å²) in [6.45, 7) is 8.17. The third kappa shape index (κ3) is 9.90. The van der Waals surface area contributed by atoms with Crippen molar-refractivity contribution >= 4 is 49.6 Å². The molecule has 0 saturated carbocycles. The second-order valence-electron chi connectivity index (χ2n) is 11.5. The molecule has 0 spiro atoms. The van der Waals surface area contributed by atoms with Crippen LogP contribution in [0.2, 0.25) is 0 Å². The first-order chi connectivity index (χ1) is 22.3. The molecular weight excluding hydrogens is 726 g/mol. The highest BCUT2D eigenvalue weighted by atomic mass is 35.5. The number of methoxy groups -OCH3 is 6. The number of pyridine rings is 2. The number of piperazine rings is 1. The number of benzene rings is 2. The van der Waals surface area contributed by atoms with Crippen LogP contribution in [0.4, 0.5) is 0 Å². The van der Waals surface area contributed by atoms with Crippen molar-refractivity contribution in [1.82, 2.24) is 19.8 Å². The molecular formula is C36H48Cl4N4O6. The fourth-order valence-corrected chi connectivity index (χ4v) is 6.10. The van der Waals surface area contributed by atoms with Gasteiger partial charge in [-0.2, -0.15) is 0 Å². The molecule has 2 aromatic carbocycles. The normalized spacial score (nSPS) is 15.6. The SMILES string of the molecule is COc1cc(-c2cc(CN3CC(C)N(Cc4ccnc(-c5cc(OC)c(OC)c(OC)c5)c4)CC3C)ccn2)cc(OC)c1OC.Cl.Cl.Cl.Cl. The smallest absolute Gasteiger partial charge is 0.203 e. The van der Waals surface area contributed by atoms with E-state index in [0.717, 1.165) is 48.7 Å². The Hall–Kier alpha value is -3.38. The van der Waals surface area contributed by atoms with Crippen molar-refractivity contribution in [2.24, 2.45) is 0 Å². The van der Waals surface area contributed by atoms with E-state index in [1.807, 2.05) is 36.7 Å². The third-order valence-electron chi connectivity index (χ3n) is 8.59. The summed E-state index contributed by atoms with van der Waals surface area (Å²) in [5.41, 5.74) is 5.94. The zero-order valence-corrected chi connectivity index (χ0v) is 32.9. The Morgan fingerprint density at radius 2 is 0.840 bits per heavy atom. The van der Waals surface area contributed by atoms with E-state index in [1.54, 1.807) is 42.7 Å². The first-order valence-electron chi connectivity index (χ1n) is 15.3. The molecule has 3 heterocycles. The maximum Gasteiger partial charge on any atom is 0.203 e. The quantitative estimate of drug-likeness (QED) is 0.143. The zero-order valence-electron chi connectivity index (χ0n) is 29.6. The molecule has 4 aromatic rings. The van der Waals surface area contributed by atoms with E-state index in [1.165, 1.54) is 11.1 Å². The van der Waals surface area contributed by atoms with Gasteiger partial charge in [0.05, 0.1) is 54.0 Å². The predicted molar refractivity (Wildman–Crippen MR) is 207 cm³/mol. The van der Waals surface area contributed by atoms with E-state index < -0.39 is 0 Å². The Labute approximate surface area is 320 Å². The fraction of sp³-hybridized carbons (Fsp3) is 0.389. The van der Waals surface area contributed by atoms with Crippen molar-refractivity contribution < 1.29 is 28.4 Å². The Balaban J connectivity index is 0.00000312. The van der Waals surface area contributed by atoms with Crippen molar-refractivity contribution in [2.75, 3.05) is 55.7 Å². The Kier molecular flexibility index (Phi) is 18.3. The van der Waals surface area contributed by atoms with Crippen LogP contribution in [-0.2, 0) is 13.1 Å². The average molecular weight is 775 g/mol. The third-order valence-corrected chi connectivity index (χ3v) is 8.59. The number of hydrogen-bond donors (Lipinski definition) is 0. The van der Waals surface area contributed by atoms with Crippen LogP contribution in [-0.4, -0.2) is 87.6 Å². The van der Waals surface area contributed by atoms with Gasteiger partial charge >= 0.3 is 0 Å². The molecule has 1 saturated heterocycles. The van der Waals surface area contributed by atoms with E-state index in [9.17, 15) is 0 Å². The van der Waals surface area contributed by atoms with Crippen molar-refractivity contribution in [3.8, 4) is 57.0 Å². The molecule has 0 N–H and O–H groups in total. The minimum Gasteiger partial charge on any atom is -0.493 e. The van der Waals surface area contributed by atoms with E-state index in [0.29, 0.717) is 46.6 Å². The molecule has 276 valence electrons. The van der Waals surface area contributed by atoms with E-state index in [4.69, 9.17) is 28.4 Å². The number of hydrogen-bond acceptors (Lipinski definition) is 10. The standard InChI is InChI=1S/C36H44N4O6.4ClH/c1-23-19-40(22-26-10-12-38-30(14-26)28-17-33(43-5)36(46-8)34(18-28)44-6)24(2)20-39(23)21-25-9-11-37-29(13-25)27-15-31(41-3)35(45-7)32(16-27)42-4;;;;/h9-18,23-24H,19-22H2,1-8H3;4*1H. The average Bonchev–Trinajstić information content (AvgIpc) is 3.09. The molecule has 1 fully saturated rings. The van der Waals surface area contributed by atoms with Gasteiger partial charge in [-0.1, -0.05) is 0 Å². The fourth-order valence-electron chi connectivity index (χ4n) is 6.10. The van der Waals surface area contributed by atoms with Crippen LogP contribution in [0.3, 0.4) is 0 Å². The lowest BCUT2D eigenvalue weighted by atomic mass is 10.0. The van der Waals surface area contributed by atoms with E-state index in [-0.39, 0.29) is 49.6 Å². The Morgan fingerprint density at radius 3 is 1.12 bits per heavy atom. The van der Waals surface area contributed by atoms with Gasteiger partial charge in [-0.05, 0) is 73.5 Å². The molecule has 2 atom stereocenters. The van der Waals surface area contributed by atoms with Crippen LogP contribution in [0.1, 0.15) is 25.0 Å². The first kappa shape index (κ1) is 44.6. The lowest BCUT2D eigenvalue weighted by molar-refractivity contribution is 0.0328. The van der Waals surface area contributed by atoms with Crippen LogP contribution in [0.15, 0.2) is 60.9 Å². The molecule has 0 radical (unpaired) electrons. The van der Waals surface area contributed by atoms with Crippen LogP contribution in [0, 0.1) is 0 Å². The number of ether oxygens (including phenoxy) is 6. The molecule has 0 aliphatic carbocycles. The number of aromatic nitrogens is 2. The minimum absolute atomic E-state index is 0. The summed E-state index contributed by atoms with van der Waals surface area (Å²) in [6, 6.07) is 16.9. The molecule has 50 heavy (non-hydrogen) atoms. The molecule has 1 aliphatic rings. The second-order valence-corrected chi connectivity index (χ2v) is 11.5. The lowest BCUT2D eigenvalue weighted by Gasteiger charge is -2.44. The number of rotatable bonds is 12. The van der Waals surface area contributed by atoms with Gasteiger partial charge in [-0.25, -0.2) is 0 Å². The van der Waals surface area contributed by atoms with Crippen LogP contribution in [0.25, 0.3) is 22.5 Å². The van der Waals surface area contributed by atoms with Crippen LogP contribution in [0.5, 0.6) is 34.5 Å². The predicted octanol–water partition coefficient (Wildman–Crippen LogP) is 7.64. The maximum absolute atomic E-state index is 5.56. The maximum atomic E-state index is 5.56. The van der Waals surface area contributed by atoms with Crippen molar-refractivity contribution in [3.05, 3.63) is 72.1 Å². The van der Waals surface area contributed by atoms with Gasteiger partial charge in [0.1, 0.15) is 0 Å². The summed E-state index contributed by atoms with van der Waals surface area (Å²) in [4.78, 5) is 14.4. The summed E-state index contributed by atoms with van der Waals surface area (Å²) in [5, 5.41) is 0. The first-order valence-corrected chi connectivity index (χ1v) is 15.3. The van der Waals surface area contributed by atoms with Crippen LogP contribution < -0.4 is 28.4 Å². The molecule has 0 bridgehead atoms. The van der Waals surface area contributed by atoms with Gasteiger partial charge in [-0.15, -0.1) is 49.6 Å².